The molecule has 38 heavy (non-hydrogen) atoms. The summed E-state index contributed by atoms with van der Waals surface area (Å²) in [6.45, 7) is 14.8. The highest BCUT2D eigenvalue weighted by Gasteiger charge is 2.39. The number of phenols is 1. The van der Waals surface area contributed by atoms with Gasteiger partial charge in [0.15, 0.2) is 0 Å². The number of hydrogen-bond donors (Lipinski definition) is 3. The number of ether oxygens (including phenoxy) is 1. The molecule has 3 unspecified atom stereocenters. The summed E-state index contributed by atoms with van der Waals surface area (Å²) in [5, 5.41) is 16.9. The molecule has 0 aliphatic heterocycles. The lowest BCUT2D eigenvalue weighted by Crippen LogP contribution is -2.55. The van der Waals surface area contributed by atoms with Gasteiger partial charge in [-0.2, -0.15) is 0 Å². The molecule has 1 aromatic rings. The summed E-state index contributed by atoms with van der Waals surface area (Å²) in [6, 6.07) is 2.98. The topological polar surface area (TPSA) is 108 Å². The van der Waals surface area contributed by atoms with Crippen LogP contribution < -0.4 is 10.6 Å². The van der Waals surface area contributed by atoms with E-state index in [-0.39, 0.29) is 23.7 Å². The lowest BCUT2D eigenvalue weighted by Gasteiger charge is -2.39. The molecule has 214 valence electrons. The molecule has 1 saturated carbocycles. The van der Waals surface area contributed by atoms with Crippen molar-refractivity contribution in [3.63, 3.8) is 0 Å². The van der Waals surface area contributed by atoms with Gasteiger partial charge in [-0.25, -0.2) is 4.79 Å². The molecule has 0 bridgehead atoms. The van der Waals surface area contributed by atoms with E-state index in [0.29, 0.717) is 23.5 Å². The fourth-order valence-corrected chi connectivity index (χ4v) is 4.93. The number of nitrogens with one attached hydrogen (secondary N) is 2. The van der Waals surface area contributed by atoms with Crippen LogP contribution >= 0.6 is 0 Å². The number of aromatic hydroxyl groups is 1. The molecule has 1 aliphatic rings. The van der Waals surface area contributed by atoms with Crippen molar-refractivity contribution in [3.05, 3.63) is 29.3 Å². The molecular formula is C30H49N3O5. The van der Waals surface area contributed by atoms with E-state index in [4.69, 9.17) is 4.74 Å². The highest BCUT2D eigenvalue weighted by atomic mass is 16.6. The van der Waals surface area contributed by atoms with Gasteiger partial charge in [0.1, 0.15) is 23.4 Å². The zero-order valence-corrected chi connectivity index (χ0v) is 24.6. The lowest BCUT2D eigenvalue weighted by molar-refractivity contribution is -0.145. The molecule has 0 radical (unpaired) electrons. The van der Waals surface area contributed by atoms with Crippen molar-refractivity contribution >= 4 is 17.9 Å². The van der Waals surface area contributed by atoms with Gasteiger partial charge in [0.05, 0.1) is 0 Å². The third kappa shape index (κ3) is 9.21. The molecule has 3 N–H and O–H groups in total. The third-order valence-corrected chi connectivity index (χ3v) is 7.04. The molecular weight excluding hydrogens is 482 g/mol. The van der Waals surface area contributed by atoms with Gasteiger partial charge in [-0.1, -0.05) is 51.3 Å². The molecule has 0 heterocycles. The minimum Gasteiger partial charge on any atom is -0.507 e. The van der Waals surface area contributed by atoms with Gasteiger partial charge in [-0.15, -0.1) is 0 Å². The van der Waals surface area contributed by atoms with E-state index in [0.717, 1.165) is 38.5 Å². The highest BCUT2D eigenvalue weighted by Crippen LogP contribution is 2.35. The average Bonchev–Trinajstić information content (AvgIpc) is 2.82. The Morgan fingerprint density at radius 2 is 1.68 bits per heavy atom. The number of benzene rings is 1. The first-order valence-electron chi connectivity index (χ1n) is 14.1. The van der Waals surface area contributed by atoms with Gasteiger partial charge in [0.25, 0.3) is 0 Å². The summed E-state index contributed by atoms with van der Waals surface area (Å²) in [6.07, 6.45) is 5.87. The Labute approximate surface area is 228 Å². The molecule has 0 spiro atoms. The molecule has 3 atom stereocenters. The van der Waals surface area contributed by atoms with E-state index < -0.39 is 29.7 Å². The van der Waals surface area contributed by atoms with Crippen LogP contribution in [0.4, 0.5) is 4.79 Å². The zero-order valence-electron chi connectivity index (χ0n) is 24.6. The first-order valence-corrected chi connectivity index (χ1v) is 14.1. The summed E-state index contributed by atoms with van der Waals surface area (Å²) < 4.78 is 5.37. The molecule has 0 saturated heterocycles. The Morgan fingerprint density at radius 3 is 2.26 bits per heavy atom. The van der Waals surface area contributed by atoms with Crippen molar-refractivity contribution < 1.29 is 24.2 Å². The van der Waals surface area contributed by atoms with Crippen LogP contribution in [0.25, 0.3) is 0 Å². The Kier molecular flexibility index (Phi) is 11.5. The summed E-state index contributed by atoms with van der Waals surface area (Å²) >= 11 is 0. The van der Waals surface area contributed by atoms with E-state index in [1.807, 2.05) is 6.92 Å². The number of alkyl carbamates (subject to hydrolysis) is 1. The predicted molar refractivity (Wildman–Crippen MR) is 150 cm³/mol. The second kappa shape index (κ2) is 13.9. The first-order chi connectivity index (χ1) is 17.7. The summed E-state index contributed by atoms with van der Waals surface area (Å²) in [7, 11) is 0. The quantitative estimate of drug-likeness (QED) is 0.356. The molecule has 8 nitrogen and oxygen atoms in total. The van der Waals surface area contributed by atoms with E-state index in [1.165, 1.54) is 0 Å². The predicted octanol–water partition coefficient (Wildman–Crippen LogP) is 5.76. The van der Waals surface area contributed by atoms with E-state index in [2.05, 4.69) is 24.5 Å². The van der Waals surface area contributed by atoms with Crippen molar-refractivity contribution in [2.45, 2.75) is 130 Å². The van der Waals surface area contributed by atoms with Crippen molar-refractivity contribution in [3.8, 4) is 5.75 Å². The van der Waals surface area contributed by atoms with E-state index >= 15 is 0 Å². The summed E-state index contributed by atoms with van der Waals surface area (Å²) in [5.74, 6) is -0.310. The van der Waals surface area contributed by atoms with Gasteiger partial charge in [-0.3, -0.25) is 9.59 Å². The molecule has 3 amide bonds. The third-order valence-electron chi connectivity index (χ3n) is 7.04. The number of nitrogens with zero attached hydrogens (tertiary/aromatic N) is 1. The maximum absolute atomic E-state index is 14.0. The number of aryl methyl sites for hydroxylation is 1. The van der Waals surface area contributed by atoms with Gasteiger partial charge < -0.3 is 25.4 Å². The molecule has 2 rings (SSSR count). The number of para-hydroxylation sites is 1. The van der Waals surface area contributed by atoms with Crippen molar-refractivity contribution in [2.24, 2.45) is 5.92 Å². The highest BCUT2D eigenvalue weighted by molar-refractivity contribution is 5.92. The van der Waals surface area contributed by atoms with Gasteiger partial charge in [0.2, 0.25) is 11.8 Å². The van der Waals surface area contributed by atoms with E-state index in [1.54, 1.807) is 57.7 Å². The first kappa shape index (κ1) is 31.4. The number of carbonyl (C=O) groups is 3. The average molecular weight is 532 g/mol. The summed E-state index contributed by atoms with van der Waals surface area (Å²) in [4.78, 5) is 42.0. The Hall–Kier alpha value is -2.77. The maximum atomic E-state index is 14.0. The second-order valence-electron chi connectivity index (χ2n) is 12.2. The molecule has 1 fully saturated rings. The fourth-order valence-electron chi connectivity index (χ4n) is 4.93. The molecule has 1 aromatic carbocycles. The van der Waals surface area contributed by atoms with E-state index in [9.17, 15) is 19.5 Å². The van der Waals surface area contributed by atoms with Gasteiger partial charge in [-0.05, 0) is 78.7 Å². The molecule has 1 aliphatic carbocycles. The van der Waals surface area contributed by atoms with Crippen LogP contribution in [-0.4, -0.2) is 51.6 Å². The van der Waals surface area contributed by atoms with Crippen molar-refractivity contribution in [2.75, 3.05) is 0 Å². The zero-order chi connectivity index (χ0) is 28.6. The van der Waals surface area contributed by atoms with Crippen LogP contribution in [0.2, 0.25) is 0 Å². The van der Waals surface area contributed by atoms with Crippen LogP contribution in [0.15, 0.2) is 18.2 Å². The van der Waals surface area contributed by atoms with Crippen LogP contribution in [0.1, 0.15) is 111 Å². The number of phenolic OH excluding ortho intramolecular Hbond substituents is 1. The Bertz CT molecular complexity index is 950. The monoisotopic (exact) mass is 531 g/mol. The van der Waals surface area contributed by atoms with Gasteiger partial charge >= 0.3 is 6.09 Å². The lowest BCUT2D eigenvalue weighted by atomic mass is 9.93. The number of carbonyl (C=O) groups excluding carboxylic acids is 3. The largest absolute Gasteiger partial charge is 0.507 e. The van der Waals surface area contributed by atoms with Crippen LogP contribution in [0.3, 0.4) is 0 Å². The van der Waals surface area contributed by atoms with Crippen LogP contribution in [0, 0.1) is 12.8 Å². The fraction of sp³-hybridized carbons (Fsp3) is 0.700. The van der Waals surface area contributed by atoms with Crippen molar-refractivity contribution in [1.29, 1.82) is 0 Å². The summed E-state index contributed by atoms with van der Waals surface area (Å²) in [5.41, 5.74) is 0.292. The Balaban J connectivity index is 2.50. The normalized spacial score (nSPS) is 16.9. The molecule has 8 heteroatoms. The number of hydrogen-bond acceptors (Lipinski definition) is 5. The second-order valence-corrected chi connectivity index (χ2v) is 12.2. The minimum atomic E-state index is -1.05. The molecule has 0 aromatic heterocycles. The maximum Gasteiger partial charge on any atom is 0.408 e. The standard InChI is InChI=1S/C30H49N3O5/c1-19(2)17-18-21(4)33(28(36)22(5)31-29(37)38-30(6,7)8)25(24-16-12-13-20(3)26(24)34)27(35)32-23-14-10-9-11-15-23/h12-13,16,19,21-23,25,34H,9-11,14-15,17-18H2,1-8H3,(H,31,37)(H,32,35). The Morgan fingerprint density at radius 1 is 1.05 bits per heavy atom. The van der Waals surface area contributed by atoms with Crippen molar-refractivity contribution in [1.82, 2.24) is 15.5 Å². The number of amides is 3. The smallest absolute Gasteiger partial charge is 0.408 e. The minimum absolute atomic E-state index is 0.00194. The van der Waals surface area contributed by atoms with Crippen LogP contribution in [0.5, 0.6) is 5.75 Å². The number of rotatable bonds is 10. The van der Waals surface area contributed by atoms with Crippen LogP contribution in [-0.2, 0) is 14.3 Å². The van der Waals surface area contributed by atoms with Gasteiger partial charge in [0, 0.05) is 17.6 Å². The SMILES string of the molecule is Cc1cccc(C(C(=O)NC2CCCCC2)N(C(=O)C(C)NC(=O)OC(C)(C)C)C(C)CCC(C)C)c1O.